The smallest absolute Gasteiger partial charge is 0.276 e. The van der Waals surface area contributed by atoms with Crippen LogP contribution in [0.2, 0.25) is 0 Å². The van der Waals surface area contributed by atoms with Crippen molar-refractivity contribution in [2.24, 2.45) is 0 Å². The fourth-order valence-electron chi connectivity index (χ4n) is 3.07. The van der Waals surface area contributed by atoms with Crippen LogP contribution in [0.25, 0.3) is 5.69 Å². The maximum absolute atomic E-state index is 12.9. The van der Waals surface area contributed by atoms with Gasteiger partial charge in [-0.1, -0.05) is 30.3 Å². The van der Waals surface area contributed by atoms with Crippen molar-refractivity contribution < 1.29 is 23.1 Å². The van der Waals surface area contributed by atoms with Gasteiger partial charge in [0.1, 0.15) is 11.5 Å². The van der Waals surface area contributed by atoms with Gasteiger partial charge in [-0.2, -0.15) is 5.10 Å². The van der Waals surface area contributed by atoms with Crippen LogP contribution in [0.1, 0.15) is 10.5 Å². The average molecular weight is 465 g/mol. The fourth-order valence-corrected chi connectivity index (χ4v) is 4.17. The number of aromatic hydroxyl groups is 1. The molecule has 4 rings (SSSR count). The molecule has 168 valence electrons. The zero-order valence-corrected chi connectivity index (χ0v) is 18.3. The summed E-state index contributed by atoms with van der Waals surface area (Å²) >= 11 is 0. The third-order valence-corrected chi connectivity index (χ3v) is 6.08. The number of carbonyl (C=O) groups excluding carboxylic acids is 1. The molecule has 9 nitrogen and oxygen atoms in total. The van der Waals surface area contributed by atoms with Crippen molar-refractivity contribution in [3.63, 3.8) is 0 Å². The second-order valence-corrected chi connectivity index (χ2v) is 8.60. The normalized spacial score (nSPS) is 11.1. The average Bonchev–Trinajstić information content (AvgIpc) is 3.32. The Balaban J connectivity index is 1.56. The van der Waals surface area contributed by atoms with E-state index < -0.39 is 15.9 Å². The van der Waals surface area contributed by atoms with Crippen LogP contribution in [0.3, 0.4) is 0 Å². The lowest BCUT2D eigenvalue weighted by molar-refractivity contribution is 0.102. The molecule has 0 aliphatic heterocycles. The lowest BCUT2D eigenvalue weighted by Crippen LogP contribution is -2.16. The summed E-state index contributed by atoms with van der Waals surface area (Å²) in [6, 6.07) is 20.9. The molecule has 1 aromatic heterocycles. The van der Waals surface area contributed by atoms with Crippen LogP contribution in [0.15, 0.2) is 90.0 Å². The van der Waals surface area contributed by atoms with E-state index in [-0.39, 0.29) is 27.7 Å². The summed E-state index contributed by atoms with van der Waals surface area (Å²) in [5.74, 6) is -0.545. The van der Waals surface area contributed by atoms with E-state index in [0.29, 0.717) is 5.75 Å². The maximum Gasteiger partial charge on any atom is 0.276 e. The molecule has 1 amide bonds. The quantitative estimate of drug-likeness (QED) is 0.359. The Morgan fingerprint density at radius 1 is 0.970 bits per heavy atom. The van der Waals surface area contributed by atoms with E-state index in [1.807, 2.05) is 30.3 Å². The number of nitrogens with zero attached hydrogens (tertiary/aromatic N) is 2. The highest BCUT2D eigenvalue weighted by Crippen LogP contribution is 2.30. The minimum Gasteiger partial charge on any atom is -0.506 e. The van der Waals surface area contributed by atoms with Gasteiger partial charge in [0, 0.05) is 6.20 Å². The second-order valence-electron chi connectivity index (χ2n) is 6.92. The molecule has 10 heteroatoms. The molecule has 0 radical (unpaired) electrons. The number of carbonyl (C=O) groups is 1. The monoisotopic (exact) mass is 464 g/mol. The molecule has 4 aromatic rings. The molecule has 0 saturated carbocycles. The number of phenolic OH excluding ortho intramolecular Hbond substituents is 1. The molecule has 33 heavy (non-hydrogen) atoms. The number of hydrogen-bond acceptors (Lipinski definition) is 6. The van der Waals surface area contributed by atoms with Gasteiger partial charge in [0.15, 0.2) is 5.69 Å². The summed E-state index contributed by atoms with van der Waals surface area (Å²) in [4.78, 5) is 12.5. The summed E-state index contributed by atoms with van der Waals surface area (Å²) in [5, 5.41) is 16.9. The molecule has 1 heterocycles. The van der Waals surface area contributed by atoms with Gasteiger partial charge in [-0.25, -0.2) is 13.1 Å². The Morgan fingerprint density at radius 2 is 1.70 bits per heavy atom. The van der Waals surface area contributed by atoms with E-state index in [4.69, 9.17) is 4.74 Å². The highest BCUT2D eigenvalue weighted by atomic mass is 32.2. The number of benzene rings is 3. The summed E-state index contributed by atoms with van der Waals surface area (Å²) in [6.07, 6.45) is 1.63. The maximum atomic E-state index is 12.9. The van der Waals surface area contributed by atoms with Crippen LogP contribution in [0.4, 0.5) is 11.4 Å². The third kappa shape index (κ3) is 4.80. The van der Waals surface area contributed by atoms with Gasteiger partial charge in [-0.15, -0.1) is 0 Å². The van der Waals surface area contributed by atoms with Gasteiger partial charge in [-0.3, -0.25) is 9.52 Å². The standard InChI is InChI=1S/C23H20N4O5S/c1-32-22-10-6-5-9-18(22)26-33(30,31)17-11-12-21(28)20(15-17)24-23(29)19-13-14-27(25-19)16-7-3-2-4-8-16/h2-15,26,28H,1H3,(H,24,29). The van der Waals surface area contributed by atoms with Gasteiger partial charge in [-0.05, 0) is 48.5 Å². The first kappa shape index (κ1) is 21.9. The Hall–Kier alpha value is -4.31. The van der Waals surface area contributed by atoms with Crippen molar-refractivity contribution in [2.45, 2.75) is 4.90 Å². The first-order valence-electron chi connectivity index (χ1n) is 9.79. The number of rotatable bonds is 7. The van der Waals surface area contributed by atoms with Crippen molar-refractivity contribution in [1.29, 1.82) is 0 Å². The largest absolute Gasteiger partial charge is 0.506 e. The van der Waals surface area contributed by atoms with Crippen LogP contribution in [0.5, 0.6) is 11.5 Å². The molecule has 0 aliphatic carbocycles. The second kappa shape index (κ2) is 9.05. The van der Waals surface area contributed by atoms with E-state index in [1.54, 1.807) is 30.5 Å². The number of hydrogen-bond donors (Lipinski definition) is 3. The molecule has 0 fully saturated rings. The lowest BCUT2D eigenvalue weighted by Gasteiger charge is -2.13. The van der Waals surface area contributed by atoms with Gasteiger partial charge in [0.25, 0.3) is 15.9 Å². The first-order valence-corrected chi connectivity index (χ1v) is 11.3. The number of nitrogens with one attached hydrogen (secondary N) is 2. The zero-order chi connectivity index (χ0) is 23.4. The fraction of sp³-hybridized carbons (Fsp3) is 0.0435. The highest BCUT2D eigenvalue weighted by molar-refractivity contribution is 7.92. The van der Waals surface area contributed by atoms with Gasteiger partial charge in [0.05, 0.1) is 29.1 Å². The molecule has 0 saturated heterocycles. The molecule has 0 aliphatic rings. The number of para-hydroxylation sites is 3. The SMILES string of the molecule is COc1ccccc1NS(=O)(=O)c1ccc(O)c(NC(=O)c2ccn(-c3ccccc3)n2)c1. The van der Waals surface area contributed by atoms with Crippen LogP contribution < -0.4 is 14.8 Å². The highest BCUT2D eigenvalue weighted by Gasteiger charge is 2.20. The molecule has 0 spiro atoms. The van der Waals surface area contributed by atoms with Crippen molar-refractivity contribution >= 4 is 27.3 Å². The molecule has 0 unspecified atom stereocenters. The van der Waals surface area contributed by atoms with Crippen LogP contribution in [-0.2, 0) is 10.0 Å². The van der Waals surface area contributed by atoms with Gasteiger partial charge >= 0.3 is 0 Å². The number of phenols is 1. The van der Waals surface area contributed by atoms with Crippen LogP contribution in [0, 0.1) is 0 Å². The van der Waals surface area contributed by atoms with Gasteiger partial charge < -0.3 is 15.2 Å². The number of aromatic nitrogens is 2. The predicted octanol–water partition coefficient (Wildman–Crippen LogP) is 3.64. The molecule has 3 N–H and O–H groups in total. The van der Waals surface area contributed by atoms with Gasteiger partial charge in [0.2, 0.25) is 0 Å². The van der Waals surface area contributed by atoms with E-state index in [2.05, 4.69) is 15.1 Å². The predicted molar refractivity (Wildman–Crippen MR) is 123 cm³/mol. The minimum atomic E-state index is -4.03. The lowest BCUT2D eigenvalue weighted by atomic mass is 10.3. The summed E-state index contributed by atoms with van der Waals surface area (Å²) in [5.41, 5.74) is 1.05. The third-order valence-electron chi connectivity index (χ3n) is 4.72. The first-order chi connectivity index (χ1) is 15.9. The Morgan fingerprint density at radius 3 is 2.45 bits per heavy atom. The van der Waals surface area contributed by atoms with Crippen molar-refractivity contribution in [3.05, 3.63) is 90.8 Å². The molecule has 0 atom stereocenters. The summed E-state index contributed by atoms with van der Waals surface area (Å²) in [7, 11) is -2.60. The number of methoxy groups -OCH3 is 1. The van der Waals surface area contributed by atoms with E-state index in [1.165, 1.54) is 36.1 Å². The summed E-state index contributed by atoms with van der Waals surface area (Å²) < 4.78 is 34.9. The topological polar surface area (TPSA) is 123 Å². The Labute approximate surface area is 190 Å². The number of anilines is 2. The van der Waals surface area contributed by atoms with Crippen molar-refractivity contribution in [1.82, 2.24) is 9.78 Å². The summed E-state index contributed by atoms with van der Waals surface area (Å²) in [6.45, 7) is 0. The number of ether oxygens (including phenoxy) is 1. The van der Waals surface area contributed by atoms with E-state index >= 15 is 0 Å². The molecule has 3 aromatic carbocycles. The number of sulfonamides is 1. The van der Waals surface area contributed by atoms with Crippen LogP contribution >= 0.6 is 0 Å². The Bertz CT molecular complexity index is 1400. The van der Waals surface area contributed by atoms with E-state index in [0.717, 1.165) is 5.69 Å². The minimum absolute atomic E-state index is 0.0721. The molecule has 0 bridgehead atoms. The van der Waals surface area contributed by atoms with E-state index in [9.17, 15) is 18.3 Å². The number of amides is 1. The molecular formula is C23H20N4O5S. The van der Waals surface area contributed by atoms with Crippen LogP contribution in [-0.4, -0.2) is 36.3 Å². The Kier molecular flexibility index (Phi) is 6.01. The molecular weight excluding hydrogens is 444 g/mol. The zero-order valence-electron chi connectivity index (χ0n) is 17.5. The van der Waals surface area contributed by atoms with Crippen molar-refractivity contribution in [3.8, 4) is 17.2 Å². The van der Waals surface area contributed by atoms with Crippen molar-refractivity contribution in [2.75, 3.05) is 17.1 Å².